The van der Waals surface area contributed by atoms with Crippen molar-refractivity contribution in [2.24, 2.45) is 4.99 Å². The van der Waals surface area contributed by atoms with Crippen molar-refractivity contribution >= 4 is 29.9 Å². The van der Waals surface area contributed by atoms with Gasteiger partial charge in [-0.25, -0.2) is 0 Å². The second kappa shape index (κ2) is 13.8. The molecule has 7 heteroatoms. The molecule has 3 rings (SSSR count). The maximum Gasteiger partial charge on any atom is 0.194 e. The Morgan fingerprint density at radius 1 is 1.12 bits per heavy atom. The molecule has 1 aliphatic heterocycles. The van der Waals surface area contributed by atoms with Gasteiger partial charge < -0.3 is 25.0 Å². The first kappa shape index (κ1) is 27.4. The van der Waals surface area contributed by atoms with E-state index in [1.807, 2.05) is 12.1 Å². The Hall–Kier alpha value is -1.84. The van der Waals surface area contributed by atoms with Gasteiger partial charge in [0.2, 0.25) is 0 Å². The third-order valence-corrected chi connectivity index (χ3v) is 6.08. The van der Waals surface area contributed by atoms with E-state index in [-0.39, 0.29) is 35.6 Å². The molecular weight excluding hydrogens is 527 g/mol. The first-order chi connectivity index (χ1) is 15.5. The molecule has 1 unspecified atom stereocenters. The van der Waals surface area contributed by atoms with Gasteiger partial charge in [-0.2, -0.15) is 0 Å². The molecule has 0 spiro atoms. The van der Waals surface area contributed by atoms with Crippen LogP contribution in [-0.4, -0.2) is 56.9 Å². The summed E-state index contributed by atoms with van der Waals surface area (Å²) in [7, 11) is 3.78. The summed E-state index contributed by atoms with van der Waals surface area (Å²) in [5.41, 5.74) is 2.44. The van der Waals surface area contributed by atoms with Crippen molar-refractivity contribution < 1.29 is 9.47 Å². The molecule has 2 aromatic rings. The van der Waals surface area contributed by atoms with E-state index in [4.69, 9.17) is 14.5 Å². The van der Waals surface area contributed by atoms with Crippen LogP contribution in [0.25, 0.3) is 0 Å². The van der Waals surface area contributed by atoms with E-state index >= 15 is 0 Å². The summed E-state index contributed by atoms with van der Waals surface area (Å²) < 4.78 is 11.0. The molecule has 1 atom stereocenters. The summed E-state index contributed by atoms with van der Waals surface area (Å²) in [6.45, 7) is 8.19. The number of methoxy groups -OCH3 is 1. The molecule has 0 aromatic heterocycles. The number of nitrogens with zero attached hydrogens (tertiary/aromatic N) is 2. The highest BCUT2D eigenvalue weighted by Gasteiger charge is 2.34. The molecule has 0 radical (unpaired) electrons. The van der Waals surface area contributed by atoms with Crippen LogP contribution in [0.5, 0.6) is 5.75 Å². The fourth-order valence-electron chi connectivity index (χ4n) is 4.17. The zero-order chi connectivity index (χ0) is 22.8. The van der Waals surface area contributed by atoms with E-state index in [1.54, 1.807) is 7.11 Å². The largest absolute Gasteiger partial charge is 0.497 e. The zero-order valence-electron chi connectivity index (χ0n) is 20.3. The molecule has 2 aromatic carbocycles. The number of aliphatic imine (C=N–C) groups is 1. The van der Waals surface area contributed by atoms with Crippen molar-refractivity contribution in [1.29, 1.82) is 0 Å². The Balaban J connectivity index is 0.00000385. The third-order valence-electron chi connectivity index (χ3n) is 6.08. The standard InChI is InChI=1S/C26H38N4O2.HI/c1-5-27-25(30(3)19-22-11-13-24(31-4)14-12-22)28-20-26(15-17-32-18-16-26)29-21(2)23-9-7-6-8-10-23;/h6-14,21,29H,5,15-20H2,1-4H3,(H,27,28);1H. The van der Waals surface area contributed by atoms with E-state index in [1.165, 1.54) is 11.1 Å². The number of hydrogen-bond acceptors (Lipinski definition) is 4. The molecule has 0 aliphatic carbocycles. The first-order valence-electron chi connectivity index (χ1n) is 11.6. The zero-order valence-corrected chi connectivity index (χ0v) is 22.7. The van der Waals surface area contributed by atoms with E-state index in [2.05, 4.69) is 78.9 Å². The normalized spacial score (nSPS) is 16.4. The van der Waals surface area contributed by atoms with Gasteiger partial charge in [0.1, 0.15) is 5.75 Å². The van der Waals surface area contributed by atoms with Crippen LogP contribution in [0.3, 0.4) is 0 Å². The van der Waals surface area contributed by atoms with Crippen LogP contribution in [0.2, 0.25) is 0 Å². The van der Waals surface area contributed by atoms with Crippen LogP contribution in [0.15, 0.2) is 59.6 Å². The van der Waals surface area contributed by atoms with Gasteiger partial charge in [-0.15, -0.1) is 24.0 Å². The van der Waals surface area contributed by atoms with Gasteiger partial charge in [0.25, 0.3) is 0 Å². The van der Waals surface area contributed by atoms with Crippen molar-refractivity contribution in [2.75, 3.05) is 40.5 Å². The van der Waals surface area contributed by atoms with Crippen molar-refractivity contribution in [2.45, 2.75) is 44.8 Å². The molecule has 1 fully saturated rings. The van der Waals surface area contributed by atoms with Gasteiger partial charge in [-0.3, -0.25) is 4.99 Å². The highest BCUT2D eigenvalue weighted by Crippen LogP contribution is 2.26. The van der Waals surface area contributed by atoms with Crippen molar-refractivity contribution in [3.05, 3.63) is 65.7 Å². The van der Waals surface area contributed by atoms with E-state index in [9.17, 15) is 0 Å². The summed E-state index contributed by atoms with van der Waals surface area (Å²) in [5, 5.41) is 7.36. The lowest BCUT2D eigenvalue weighted by molar-refractivity contribution is 0.0373. The minimum atomic E-state index is -0.0743. The van der Waals surface area contributed by atoms with Crippen LogP contribution >= 0.6 is 24.0 Å². The number of rotatable bonds is 9. The highest BCUT2D eigenvalue weighted by atomic mass is 127. The maximum absolute atomic E-state index is 5.69. The topological polar surface area (TPSA) is 58.1 Å². The van der Waals surface area contributed by atoms with Crippen molar-refractivity contribution in [3.63, 3.8) is 0 Å². The fourth-order valence-corrected chi connectivity index (χ4v) is 4.17. The Morgan fingerprint density at radius 3 is 2.39 bits per heavy atom. The lowest BCUT2D eigenvalue weighted by Gasteiger charge is -2.40. The average molecular weight is 567 g/mol. The Morgan fingerprint density at radius 2 is 1.79 bits per heavy atom. The monoisotopic (exact) mass is 566 g/mol. The molecule has 2 N–H and O–H groups in total. The lowest BCUT2D eigenvalue weighted by Crippen LogP contribution is -2.53. The number of ether oxygens (including phenoxy) is 2. The minimum Gasteiger partial charge on any atom is -0.497 e. The van der Waals surface area contributed by atoms with E-state index in [0.29, 0.717) is 6.54 Å². The van der Waals surface area contributed by atoms with Crippen LogP contribution < -0.4 is 15.4 Å². The van der Waals surface area contributed by atoms with Crippen LogP contribution in [0.1, 0.15) is 43.9 Å². The third kappa shape index (κ3) is 8.15. The summed E-state index contributed by atoms with van der Waals surface area (Å²) in [6.07, 6.45) is 1.91. The Labute approximate surface area is 216 Å². The summed E-state index contributed by atoms with van der Waals surface area (Å²) in [6, 6.07) is 19.1. The minimum absolute atomic E-state index is 0. The van der Waals surface area contributed by atoms with E-state index in [0.717, 1.165) is 50.9 Å². The smallest absolute Gasteiger partial charge is 0.194 e. The second-order valence-corrected chi connectivity index (χ2v) is 8.54. The van der Waals surface area contributed by atoms with Crippen LogP contribution in [-0.2, 0) is 11.3 Å². The van der Waals surface area contributed by atoms with Gasteiger partial charge >= 0.3 is 0 Å². The van der Waals surface area contributed by atoms with Gasteiger partial charge in [-0.05, 0) is 49.9 Å². The molecule has 1 aliphatic rings. The quantitative estimate of drug-likeness (QED) is 0.264. The fraction of sp³-hybridized carbons (Fsp3) is 0.500. The van der Waals surface area contributed by atoms with Crippen molar-refractivity contribution in [1.82, 2.24) is 15.5 Å². The molecule has 182 valence electrons. The number of benzene rings is 2. The molecule has 33 heavy (non-hydrogen) atoms. The number of hydrogen-bond donors (Lipinski definition) is 2. The van der Waals surface area contributed by atoms with Crippen LogP contribution in [0, 0.1) is 0 Å². The SMILES string of the molecule is CCNC(=NCC1(NC(C)c2ccccc2)CCOCC1)N(C)Cc1ccc(OC)cc1.I. The van der Waals surface area contributed by atoms with E-state index < -0.39 is 0 Å². The Kier molecular flexibility index (Phi) is 11.4. The number of nitrogens with one attached hydrogen (secondary N) is 2. The summed E-state index contributed by atoms with van der Waals surface area (Å²) in [5.74, 6) is 1.79. The average Bonchev–Trinajstić information content (AvgIpc) is 2.83. The molecule has 0 amide bonds. The molecular formula is C26H39IN4O2. The van der Waals surface area contributed by atoms with Gasteiger partial charge in [0, 0.05) is 44.9 Å². The number of guanidine groups is 1. The molecule has 0 bridgehead atoms. The van der Waals surface area contributed by atoms with Crippen molar-refractivity contribution in [3.8, 4) is 5.75 Å². The Bertz CT molecular complexity index is 839. The lowest BCUT2D eigenvalue weighted by atomic mass is 9.88. The van der Waals surface area contributed by atoms with Gasteiger partial charge in [0.05, 0.1) is 13.7 Å². The predicted molar refractivity (Wildman–Crippen MR) is 147 cm³/mol. The molecule has 1 saturated heterocycles. The maximum atomic E-state index is 5.69. The molecule has 6 nitrogen and oxygen atoms in total. The summed E-state index contributed by atoms with van der Waals surface area (Å²) in [4.78, 5) is 7.25. The first-order valence-corrected chi connectivity index (χ1v) is 11.6. The number of halogens is 1. The van der Waals surface area contributed by atoms with Gasteiger partial charge in [-0.1, -0.05) is 42.5 Å². The second-order valence-electron chi connectivity index (χ2n) is 8.54. The van der Waals surface area contributed by atoms with Crippen LogP contribution in [0.4, 0.5) is 0 Å². The molecule has 0 saturated carbocycles. The highest BCUT2D eigenvalue weighted by molar-refractivity contribution is 14.0. The predicted octanol–water partition coefficient (Wildman–Crippen LogP) is 4.61. The molecule has 1 heterocycles. The van der Waals surface area contributed by atoms with Gasteiger partial charge in [0.15, 0.2) is 5.96 Å². The summed E-state index contributed by atoms with van der Waals surface area (Å²) >= 11 is 0.